The first-order valence-corrected chi connectivity index (χ1v) is 10.8. The predicted molar refractivity (Wildman–Crippen MR) is 119 cm³/mol. The molecule has 0 aliphatic carbocycles. The molecule has 0 unspecified atom stereocenters. The third kappa shape index (κ3) is 6.40. The number of carbonyl (C=O) groups excluding carboxylic acids is 4. The van der Waals surface area contributed by atoms with E-state index in [0.717, 1.165) is 24.5 Å². The van der Waals surface area contributed by atoms with Gasteiger partial charge in [0.15, 0.2) is 0 Å². The Kier molecular flexibility index (Phi) is 8.20. The van der Waals surface area contributed by atoms with Crippen LogP contribution >= 0.6 is 22.9 Å². The summed E-state index contributed by atoms with van der Waals surface area (Å²) in [6.07, 6.45) is -0.912. The molecule has 1 saturated heterocycles. The summed E-state index contributed by atoms with van der Waals surface area (Å²) in [7, 11) is 1.11. The Balaban J connectivity index is 1.68. The van der Waals surface area contributed by atoms with Crippen molar-refractivity contribution in [2.24, 2.45) is 0 Å². The van der Waals surface area contributed by atoms with Crippen molar-refractivity contribution < 1.29 is 33.0 Å². The number of carbonyl (C=O) groups is 4. The Morgan fingerprint density at radius 1 is 1.30 bits per heavy atom. The maximum absolute atomic E-state index is 14.6. The number of hydrogen-bond donors (Lipinski definition) is 3. The number of nitrogens with one attached hydrogen (secondary N) is 3. The summed E-state index contributed by atoms with van der Waals surface area (Å²) < 4.78 is 24.6. The average Bonchev–Trinajstić information content (AvgIpc) is 3.24. The molecule has 0 spiro atoms. The van der Waals surface area contributed by atoms with E-state index in [9.17, 15) is 23.6 Å². The van der Waals surface area contributed by atoms with E-state index >= 15 is 0 Å². The second-order valence-electron chi connectivity index (χ2n) is 6.75. The topological polar surface area (TPSA) is 126 Å². The number of alkyl carbamates (subject to hydrolysis) is 1. The standard InChI is InChI=1S/C20H20ClFN4O6S/c1-31-20(30)25-14(9-23-19(29)15-4-5-16(21)33-15)18(28)24-13-3-2-11(8-12(13)22)26-6-7-32-10-17(26)27/h2-5,8,14H,6-7,9-10H2,1H3,(H,23,29)(H,24,28)(H,25,30)/t14-/m1/s1. The number of anilines is 2. The van der Waals surface area contributed by atoms with E-state index in [1.54, 1.807) is 6.07 Å². The first-order chi connectivity index (χ1) is 15.8. The van der Waals surface area contributed by atoms with Crippen molar-refractivity contribution in [3.05, 3.63) is 45.4 Å². The lowest BCUT2D eigenvalue weighted by Crippen LogP contribution is -2.50. The molecule has 0 saturated carbocycles. The van der Waals surface area contributed by atoms with Crippen LogP contribution < -0.4 is 20.9 Å². The number of hydrogen-bond acceptors (Lipinski definition) is 7. The summed E-state index contributed by atoms with van der Waals surface area (Å²) in [5, 5.41) is 7.17. The van der Waals surface area contributed by atoms with E-state index in [0.29, 0.717) is 21.5 Å². The third-order valence-corrected chi connectivity index (χ3v) is 5.80. The normalized spacial score (nSPS) is 14.4. The van der Waals surface area contributed by atoms with E-state index in [1.807, 2.05) is 0 Å². The molecule has 3 N–H and O–H groups in total. The van der Waals surface area contributed by atoms with E-state index < -0.39 is 29.8 Å². The number of amides is 4. The highest BCUT2D eigenvalue weighted by molar-refractivity contribution is 7.18. The highest BCUT2D eigenvalue weighted by Gasteiger charge is 2.25. The largest absolute Gasteiger partial charge is 0.453 e. The van der Waals surface area contributed by atoms with Gasteiger partial charge in [-0.05, 0) is 30.3 Å². The summed E-state index contributed by atoms with van der Waals surface area (Å²) in [4.78, 5) is 50.2. The van der Waals surface area contributed by atoms with Gasteiger partial charge in [0, 0.05) is 18.8 Å². The number of rotatable bonds is 7. The van der Waals surface area contributed by atoms with Crippen LogP contribution in [0.1, 0.15) is 9.67 Å². The van der Waals surface area contributed by atoms with Crippen LogP contribution in [-0.4, -0.2) is 63.3 Å². The lowest BCUT2D eigenvalue weighted by atomic mass is 10.2. The van der Waals surface area contributed by atoms with Crippen LogP contribution in [0.25, 0.3) is 0 Å². The summed E-state index contributed by atoms with van der Waals surface area (Å²) in [5.41, 5.74) is 0.155. The number of thiophene rings is 1. The zero-order chi connectivity index (χ0) is 24.0. The predicted octanol–water partition coefficient (Wildman–Crippen LogP) is 2.00. The molecule has 0 radical (unpaired) electrons. The fourth-order valence-electron chi connectivity index (χ4n) is 2.91. The summed E-state index contributed by atoms with van der Waals surface area (Å²) in [6.45, 7) is 0.224. The van der Waals surface area contributed by atoms with Crippen molar-refractivity contribution in [2.75, 3.05) is 43.6 Å². The summed E-state index contributed by atoms with van der Waals surface area (Å²) in [6, 6.07) is 5.69. The van der Waals surface area contributed by atoms with Crippen LogP contribution in [-0.2, 0) is 19.1 Å². The van der Waals surface area contributed by atoms with Crippen molar-refractivity contribution in [1.29, 1.82) is 0 Å². The second kappa shape index (κ2) is 11.1. The molecule has 1 aliphatic rings. The zero-order valence-electron chi connectivity index (χ0n) is 17.4. The molecule has 176 valence electrons. The molecule has 1 atom stereocenters. The number of ether oxygens (including phenoxy) is 2. The second-order valence-corrected chi connectivity index (χ2v) is 8.47. The molecular weight excluding hydrogens is 479 g/mol. The Hall–Kier alpha value is -3.22. The minimum absolute atomic E-state index is 0.0929. The maximum Gasteiger partial charge on any atom is 0.407 e. The van der Waals surface area contributed by atoms with E-state index in [1.165, 1.54) is 23.1 Å². The Bertz CT molecular complexity index is 1060. The van der Waals surface area contributed by atoms with Gasteiger partial charge in [-0.15, -0.1) is 11.3 Å². The van der Waals surface area contributed by atoms with E-state index in [2.05, 4.69) is 20.7 Å². The molecule has 0 bridgehead atoms. The molecule has 1 aliphatic heterocycles. The molecule has 1 aromatic carbocycles. The zero-order valence-corrected chi connectivity index (χ0v) is 18.9. The number of halogens is 2. The van der Waals surface area contributed by atoms with Gasteiger partial charge < -0.3 is 30.3 Å². The van der Waals surface area contributed by atoms with Crippen molar-refractivity contribution in [3.8, 4) is 0 Å². The van der Waals surface area contributed by atoms with Gasteiger partial charge in [0.05, 0.1) is 28.6 Å². The smallest absolute Gasteiger partial charge is 0.407 e. The SMILES string of the molecule is COC(=O)N[C@H](CNC(=O)c1ccc(Cl)s1)C(=O)Nc1ccc(N2CCOCC2=O)cc1F. The van der Waals surface area contributed by atoms with Crippen LogP contribution in [0.3, 0.4) is 0 Å². The van der Waals surface area contributed by atoms with Gasteiger partial charge in [-0.25, -0.2) is 9.18 Å². The fourth-order valence-corrected chi connectivity index (χ4v) is 3.87. The summed E-state index contributed by atoms with van der Waals surface area (Å²) >= 11 is 6.86. The number of morpholine rings is 1. The van der Waals surface area contributed by atoms with Crippen LogP contribution in [0.2, 0.25) is 4.34 Å². The first-order valence-electron chi connectivity index (χ1n) is 9.65. The van der Waals surface area contributed by atoms with E-state index in [-0.39, 0.29) is 31.3 Å². The number of nitrogens with zero attached hydrogens (tertiary/aromatic N) is 1. The molecule has 1 fully saturated rings. The van der Waals surface area contributed by atoms with Crippen molar-refractivity contribution in [3.63, 3.8) is 0 Å². The molecule has 4 amide bonds. The van der Waals surface area contributed by atoms with Gasteiger partial charge in [-0.2, -0.15) is 0 Å². The van der Waals surface area contributed by atoms with Crippen molar-refractivity contribution in [2.45, 2.75) is 6.04 Å². The van der Waals surface area contributed by atoms with Gasteiger partial charge in [-0.3, -0.25) is 14.4 Å². The Morgan fingerprint density at radius 2 is 2.09 bits per heavy atom. The first kappa shape index (κ1) is 24.4. The maximum atomic E-state index is 14.6. The van der Waals surface area contributed by atoms with Gasteiger partial charge in [-0.1, -0.05) is 11.6 Å². The van der Waals surface area contributed by atoms with Crippen LogP contribution in [0.15, 0.2) is 30.3 Å². The van der Waals surface area contributed by atoms with Gasteiger partial charge in [0.25, 0.3) is 11.8 Å². The average molecular weight is 499 g/mol. The molecule has 10 nitrogen and oxygen atoms in total. The van der Waals surface area contributed by atoms with E-state index in [4.69, 9.17) is 16.3 Å². The number of benzene rings is 1. The van der Waals surface area contributed by atoms with Crippen molar-refractivity contribution >= 4 is 58.1 Å². The Morgan fingerprint density at radius 3 is 2.73 bits per heavy atom. The molecule has 13 heteroatoms. The van der Waals surface area contributed by atoms with Crippen LogP contribution in [0, 0.1) is 5.82 Å². The minimum Gasteiger partial charge on any atom is -0.453 e. The summed E-state index contributed by atoms with van der Waals surface area (Å²) in [5.74, 6) is -2.38. The third-order valence-electron chi connectivity index (χ3n) is 4.57. The fraction of sp³-hybridized carbons (Fsp3) is 0.300. The molecule has 33 heavy (non-hydrogen) atoms. The van der Waals surface area contributed by atoms with Gasteiger partial charge >= 0.3 is 6.09 Å². The lowest BCUT2D eigenvalue weighted by molar-refractivity contribution is -0.125. The highest BCUT2D eigenvalue weighted by atomic mass is 35.5. The molecule has 1 aromatic heterocycles. The van der Waals surface area contributed by atoms with Gasteiger partial charge in [0.1, 0.15) is 18.5 Å². The molecule has 2 heterocycles. The van der Waals surface area contributed by atoms with Crippen LogP contribution in [0.4, 0.5) is 20.6 Å². The highest BCUT2D eigenvalue weighted by Crippen LogP contribution is 2.24. The van der Waals surface area contributed by atoms with Crippen molar-refractivity contribution in [1.82, 2.24) is 10.6 Å². The Labute approximate surface area is 197 Å². The lowest BCUT2D eigenvalue weighted by Gasteiger charge is -2.27. The monoisotopic (exact) mass is 498 g/mol. The molecule has 3 rings (SSSR count). The minimum atomic E-state index is -1.27. The molecule has 2 aromatic rings. The van der Waals surface area contributed by atoms with Crippen LogP contribution in [0.5, 0.6) is 0 Å². The number of methoxy groups -OCH3 is 1. The van der Waals surface area contributed by atoms with Gasteiger partial charge in [0.2, 0.25) is 5.91 Å². The molecular formula is C20H20ClFN4O6S. The quantitative estimate of drug-likeness (QED) is 0.536.